The number of para-hydroxylation sites is 1. The molecule has 0 saturated carbocycles. The van der Waals surface area contributed by atoms with Crippen LogP contribution in [0.3, 0.4) is 0 Å². The summed E-state index contributed by atoms with van der Waals surface area (Å²) >= 11 is 0. The fourth-order valence-corrected chi connectivity index (χ4v) is 3.31. The normalized spacial score (nSPS) is 17.7. The Bertz CT molecular complexity index is 752. The van der Waals surface area contributed by atoms with Crippen molar-refractivity contribution in [2.45, 2.75) is 12.6 Å². The van der Waals surface area contributed by atoms with Crippen molar-refractivity contribution >= 4 is 0 Å². The number of benzene rings is 2. The summed E-state index contributed by atoms with van der Waals surface area (Å²) in [6, 6.07) is 12.6. The van der Waals surface area contributed by atoms with Crippen LogP contribution in [0.4, 0.5) is 4.39 Å². The molecule has 0 aliphatic carbocycles. The van der Waals surface area contributed by atoms with Crippen molar-refractivity contribution in [1.82, 2.24) is 9.80 Å². The number of rotatable bonds is 8. The van der Waals surface area contributed by atoms with Crippen LogP contribution in [0.25, 0.3) is 0 Å². The first kappa shape index (κ1) is 20.6. The van der Waals surface area contributed by atoms with Crippen molar-refractivity contribution in [2.75, 3.05) is 54.1 Å². The molecule has 2 aromatic carbocycles. The number of morpholine rings is 1. The Balaban J connectivity index is 1.70. The molecule has 0 bridgehead atoms. The maximum Gasteiger partial charge on any atom is 0.165 e. The molecule has 3 rings (SSSR count). The van der Waals surface area contributed by atoms with Gasteiger partial charge in [0.25, 0.3) is 0 Å². The topological polar surface area (TPSA) is 34.2 Å². The highest BCUT2D eigenvalue weighted by Gasteiger charge is 2.23. The first-order chi connectivity index (χ1) is 13.6. The third-order valence-electron chi connectivity index (χ3n) is 4.85. The molecule has 0 spiro atoms. The summed E-state index contributed by atoms with van der Waals surface area (Å²) in [6.07, 6.45) is -0.0573. The second-order valence-corrected chi connectivity index (χ2v) is 7.25. The zero-order valence-electron chi connectivity index (χ0n) is 16.9. The summed E-state index contributed by atoms with van der Waals surface area (Å²) in [6.45, 7) is 4.41. The van der Waals surface area contributed by atoms with E-state index in [-0.39, 0.29) is 11.9 Å². The molecule has 0 aromatic heterocycles. The quantitative estimate of drug-likeness (QED) is 0.693. The lowest BCUT2D eigenvalue weighted by molar-refractivity contribution is -0.0331. The molecular formula is C22H29FN2O3. The first-order valence-electron chi connectivity index (χ1n) is 9.59. The molecule has 2 aromatic rings. The van der Waals surface area contributed by atoms with Crippen LogP contribution in [-0.4, -0.2) is 63.9 Å². The SMILES string of the molecule is COc1cccc(CN2CCO[C@@H](c3ccc(F)cc3)C2)c1OCCN(C)C. The molecule has 1 fully saturated rings. The first-order valence-corrected chi connectivity index (χ1v) is 9.59. The minimum absolute atomic E-state index is 0.0573. The number of hydrogen-bond donors (Lipinski definition) is 0. The van der Waals surface area contributed by atoms with Crippen LogP contribution >= 0.6 is 0 Å². The molecule has 1 heterocycles. The molecule has 0 unspecified atom stereocenters. The lowest BCUT2D eigenvalue weighted by Gasteiger charge is -2.33. The van der Waals surface area contributed by atoms with Gasteiger partial charge >= 0.3 is 0 Å². The van der Waals surface area contributed by atoms with E-state index in [2.05, 4.69) is 15.9 Å². The van der Waals surface area contributed by atoms with Gasteiger partial charge in [-0.3, -0.25) is 4.90 Å². The van der Waals surface area contributed by atoms with Crippen molar-refractivity contribution in [2.24, 2.45) is 0 Å². The van der Waals surface area contributed by atoms with Crippen molar-refractivity contribution < 1.29 is 18.6 Å². The Hall–Kier alpha value is -2.15. The third-order valence-corrected chi connectivity index (χ3v) is 4.85. The van der Waals surface area contributed by atoms with E-state index in [9.17, 15) is 4.39 Å². The lowest BCUT2D eigenvalue weighted by Crippen LogP contribution is -2.37. The van der Waals surface area contributed by atoms with E-state index < -0.39 is 0 Å². The monoisotopic (exact) mass is 388 g/mol. The van der Waals surface area contributed by atoms with Crippen LogP contribution in [0.2, 0.25) is 0 Å². The highest BCUT2D eigenvalue weighted by Crippen LogP contribution is 2.33. The Kier molecular flexibility index (Phi) is 7.25. The Morgan fingerprint density at radius 2 is 1.96 bits per heavy atom. The van der Waals surface area contributed by atoms with Gasteiger partial charge in [0.2, 0.25) is 0 Å². The number of halogens is 1. The van der Waals surface area contributed by atoms with Crippen LogP contribution < -0.4 is 9.47 Å². The number of methoxy groups -OCH3 is 1. The van der Waals surface area contributed by atoms with Gasteiger partial charge in [0, 0.05) is 31.7 Å². The number of nitrogens with zero attached hydrogens (tertiary/aromatic N) is 2. The van der Waals surface area contributed by atoms with E-state index in [4.69, 9.17) is 14.2 Å². The predicted octanol–water partition coefficient (Wildman–Crippen LogP) is 3.35. The van der Waals surface area contributed by atoms with Gasteiger partial charge in [0.1, 0.15) is 12.4 Å². The van der Waals surface area contributed by atoms with E-state index in [1.807, 2.05) is 26.2 Å². The van der Waals surface area contributed by atoms with Gasteiger partial charge in [-0.05, 0) is 37.9 Å². The van der Waals surface area contributed by atoms with Crippen LogP contribution in [0, 0.1) is 5.82 Å². The van der Waals surface area contributed by atoms with Crippen molar-refractivity contribution in [3.63, 3.8) is 0 Å². The van der Waals surface area contributed by atoms with Crippen LogP contribution in [0.5, 0.6) is 11.5 Å². The average Bonchev–Trinajstić information content (AvgIpc) is 2.69. The van der Waals surface area contributed by atoms with E-state index in [1.165, 1.54) is 12.1 Å². The molecule has 1 saturated heterocycles. The van der Waals surface area contributed by atoms with Gasteiger partial charge in [0.05, 0.1) is 19.8 Å². The molecular weight excluding hydrogens is 359 g/mol. The molecule has 1 aliphatic rings. The molecule has 0 N–H and O–H groups in total. The second-order valence-electron chi connectivity index (χ2n) is 7.25. The van der Waals surface area contributed by atoms with Gasteiger partial charge in [-0.1, -0.05) is 24.3 Å². The minimum atomic E-state index is -0.229. The lowest BCUT2D eigenvalue weighted by atomic mass is 10.1. The molecule has 28 heavy (non-hydrogen) atoms. The largest absolute Gasteiger partial charge is 0.493 e. The van der Waals surface area contributed by atoms with Crippen molar-refractivity contribution in [3.05, 3.63) is 59.4 Å². The van der Waals surface area contributed by atoms with E-state index in [0.717, 1.165) is 48.8 Å². The smallest absolute Gasteiger partial charge is 0.165 e. The molecule has 6 heteroatoms. The van der Waals surface area contributed by atoms with Crippen LogP contribution in [0.1, 0.15) is 17.2 Å². The Labute approximate surface area is 166 Å². The maximum atomic E-state index is 13.2. The summed E-state index contributed by atoms with van der Waals surface area (Å²) in [4.78, 5) is 4.43. The van der Waals surface area contributed by atoms with E-state index >= 15 is 0 Å². The number of hydrogen-bond acceptors (Lipinski definition) is 5. The fraction of sp³-hybridized carbons (Fsp3) is 0.455. The van der Waals surface area contributed by atoms with Gasteiger partial charge in [-0.25, -0.2) is 4.39 Å². The van der Waals surface area contributed by atoms with Gasteiger partial charge in [0.15, 0.2) is 11.5 Å². The standard InChI is InChI=1S/C22H29FN2O3/c1-24(2)11-13-28-22-18(5-4-6-20(22)26-3)15-25-12-14-27-21(16-25)17-7-9-19(23)10-8-17/h4-10,21H,11-16H2,1-3H3/t21-/m1/s1. The molecule has 0 radical (unpaired) electrons. The van der Waals surface area contributed by atoms with E-state index in [0.29, 0.717) is 13.2 Å². The number of ether oxygens (including phenoxy) is 3. The predicted molar refractivity (Wildman–Crippen MR) is 107 cm³/mol. The summed E-state index contributed by atoms with van der Waals surface area (Å²) < 4.78 is 30.7. The molecule has 1 atom stereocenters. The summed E-state index contributed by atoms with van der Waals surface area (Å²) in [5.74, 6) is 1.32. The second kappa shape index (κ2) is 9.87. The summed E-state index contributed by atoms with van der Waals surface area (Å²) in [5.41, 5.74) is 2.09. The van der Waals surface area contributed by atoms with Crippen molar-refractivity contribution in [3.8, 4) is 11.5 Å². The third kappa shape index (κ3) is 5.44. The molecule has 152 valence electrons. The summed E-state index contributed by atoms with van der Waals surface area (Å²) in [5, 5.41) is 0. The average molecular weight is 388 g/mol. The summed E-state index contributed by atoms with van der Waals surface area (Å²) in [7, 11) is 5.71. The maximum absolute atomic E-state index is 13.2. The zero-order valence-corrected chi connectivity index (χ0v) is 16.9. The van der Waals surface area contributed by atoms with E-state index in [1.54, 1.807) is 19.2 Å². The zero-order chi connectivity index (χ0) is 19.9. The van der Waals surface area contributed by atoms with Crippen molar-refractivity contribution in [1.29, 1.82) is 0 Å². The number of likely N-dealkylation sites (N-methyl/N-ethyl adjacent to an activating group) is 1. The molecule has 5 nitrogen and oxygen atoms in total. The minimum Gasteiger partial charge on any atom is -0.493 e. The highest BCUT2D eigenvalue weighted by molar-refractivity contribution is 5.46. The highest BCUT2D eigenvalue weighted by atomic mass is 19.1. The molecule has 1 aliphatic heterocycles. The van der Waals surface area contributed by atoms with Crippen LogP contribution in [-0.2, 0) is 11.3 Å². The van der Waals surface area contributed by atoms with Gasteiger partial charge in [-0.15, -0.1) is 0 Å². The van der Waals surface area contributed by atoms with Gasteiger partial charge in [-0.2, -0.15) is 0 Å². The fourth-order valence-electron chi connectivity index (χ4n) is 3.31. The molecule has 0 amide bonds. The van der Waals surface area contributed by atoms with Gasteiger partial charge < -0.3 is 19.1 Å². The Morgan fingerprint density at radius 3 is 2.68 bits per heavy atom. The van der Waals surface area contributed by atoms with Crippen LogP contribution in [0.15, 0.2) is 42.5 Å². The Morgan fingerprint density at radius 1 is 1.18 bits per heavy atom.